The second kappa shape index (κ2) is 26.0. The van der Waals surface area contributed by atoms with E-state index in [2.05, 4.69) is 20.7 Å². The van der Waals surface area contributed by atoms with E-state index >= 15 is 0 Å². The van der Waals surface area contributed by atoms with Gasteiger partial charge in [0.1, 0.15) is 67.6 Å². The number of aliphatic carboxylic acids is 1. The van der Waals surface area contributed by atoms with Crippen molar-refractivity contribution >= 4 is 41.3 Å². The molecule has 26 heteroatoms. The predicted octanol–water partition coefficient (Wildman–Crippen LogP) is -8.09. The molecule has 3 rings (SSSR count). The Kier molecular flexibility index (Phi) is 22.7. The molecule has 0 aliphatic carbocycles. The van der Waals surface area contributed by atoms with Crippen LogP contribution in [0.15, 0.2) is 24.3 Å². The average Bonchev–Trinajstić information content (AvgIpc) is 3.20. The standard InChI is InChI=1S/C36H52N4O21.Na/c1-18(42)38-29-32(51)31(50)24(17-58-36(35(52)53)14-22(44)28(39-26(47)15-41)33(61-36)30(49)23(45)16-57-19(2)43)60-34(29)56-13-5-12-37-25(46)6-3-4-7-27(48)59-21-10-8-20(9-11-21)40(54)55;/h8-11,22-24,28-34,41,44-45,49-51H,3-7,12-17H2,1-2H3,(H,37,46)(H,38,42)(H,39,47)(H,52,53);/q;+1/p-1/t22-,23+,24+,28+,29+,30+,31-,32+,33+,34-,36+;/m0./s1. The maximum atomic E-state index is 12.6. The third kappa shape index (κ3) is 16.3. The Bertz CT molecular complexity index is 1670. The van der Waals surface area contributed by atoms with Crippen LogP contribution in [-0.2, 0) is 52.5 Å². The number of aliphatic hydroxyl groups excluding tert-OH is 6. The van der Waals surface area contributed by atoms with Gasteiger partial charge in [0.05, 0.1) is 30.3 Å². The van der Waals surface area contributed by atoms with E-state index in [1.54, 1.807) is 0 Å². The molecule has 2 aliphatic rings. The van der Waals surface area contributed by atoms with E-state index in [0.717, 1.165) is 13.8 Å². The number of carboxylic acids is 1. The minimum atomic E-state index is -2.98. The van der Waals surface area contributed by atoms with Gasteiger partial charge in [-0.1, -0.05) is 0 Å². The van der Waals surface area contributed by atoms with Crippen LogP contribution in [0.2, 0.25) is 0 Å². The zero-order valence-corrected chi connectivity index (χ0v) is 36.1. The Balaban J connectivity index is 0.0000132. The number of benzene rings is 1. The summed E-state index contributed by atoms with van der Waals surface area (Å²) in [5.41, 5.74) is -0.162. The first kappa shape index (κ1) is 54.2. The molecule has 62 heavy (non-hydrogen) atoms. The number of unbranched alkanes of at least 4 members (excludes halogenated alkanes) is 1. The van der Waals surface area contributed by atoms with E-state index in [4.69, 9.17) is 23.7 Å². The zero-order valence-electron chi connectivity index (χ0n) is 34.1. The van der Waals surface area contributed by atoms with Crippen LogP contribution in [0.3, 0.4) is 0 Å². The van der Waals surface area contributed by atoms with Crippen molar-refractivity contribution in [3.8, 4) is 5.75 Å². The molecule has 0 radical (unpaired) electrons. The van der Waals surface area contributed by atoms with Gasteiger partial charge in [-0.05, 0) is 31.4 Å². The monoisotopic (exact) mass is 898 g/mol. The summed E-state index contributed by atoms with van der Waals surface area (Å²) in [6, 6.07) is 1.92. The minimum absolute atomic E-state index is 0. The number of nitrogens with zero attached hydrogens (tertiary/aromatic N) is 1. The molecule has 25 nitrogen and oxygen atoms in total. The quantitative estimate of drug-likeness (QED) is 0.0123. The first-order valence-corrected chi connectivity index (χ1v) is 19.0. The molecule has 0 saturated carbocycles. The topological polar surface area (TPSA) is 381 Å². The number of non-ortho nitro benzene ring substituents is 1. The van der Waals surface area contributed by atoms with Crippen LogP contribution in [0.4, 0.5) is 5.69 Å². The molecule has 2 aliphatic heterocycles. The van der Waals surface area contributed by atoms with Gasteiger partial charge in [0.25, 0.3) is 5.69 Å². The second-order valence-electron chi connectivity index (χ2n) is 14.1. The maximum Gasteiger partial charge on any atom is 1.00 e. The van der Waals surface area contributed by atoms with Crippen LogP contribution in [0.1, 0.15) is 52.4 Å². The molecular formula is C36H51N4NaO21. The van der Waals surface area contributed by atoms with Crippen LogP contribution in [0, 0.1) is 10.1 Å². The Morgan fingerprint density at radius 3 is 2.21 bits per heavy atom. The molecule has 2 heterocycles. The number of amides is 3. The number of hydrogen-bond donors (Lipinski definition) is 9. The van der Waals surface area contributed by atoms with Gasteiger partial charge < -0.3 is 84.9 Å². The Morgan fingerprint density at radius 1 is 0.952 bits per heavy atom. The normalized spacial score (nSPS) is 26.7. The number of ether oxygens (including phenoxy) is 6. The van der Waals surface area contributed by atoms with Gasteiger partial charge in [-0.2, -0.15) is 0 Å². The smallest absolute Gasteiger partial charge is 0.544 e. The fourth-order valence-corrected chi connectivity index (χ4v) is 6.24. The minimum Gasteiger partial charge on any atom is -0.544 e. The summed E-state index contributed by atoms with van der Waals surface area (Å²) in [6.45, 7) is -0.819. The maximum absolute atomic E-state index is 12.6. The molecule has 0 aromatic heterocycles. The summed E-state index contributed by atoms with van der Waals surface area (Å²) >= 11 is 0. The number of carbonyl (C=O) groups is 6. The Labute approximate surface area is 375 Å². The fourth-order valence-electron chi connectivity index (χ4n) is 6.24. The number of esters is 2. The molecule has 0 spiro atoms. The van der Waals surface area contributed by atoms with E-state index in [1.165, 1.54) is 24.3 Å². The molecule has 2 saturated heterocycles. The van der Waals surface area contributed by atoms with Crippen molar-refractivity contribution in [2.45, 2.75) is 119 Å². The van der Waals surface area contributed by atoms with Crippen molar-refractivity contribution in [1.29, 1.82) is 0 Å². The van der Waals surface area contributed by atoms with Gasteiger partial charge in [0, 0.05) is 51.8 Å². The van der Waals surface area contributed by atoms with Gasteiger partial charge in [0.2, 0.25) is 23.5 Å². The summed E-state index contributed by atoms with van der Waals surface area (Å²) in [5.74, 6) is -8.52. The van der Waals surface area contributed by atoms with Crippen molar-refractivity contribution in [2.75, 3.05) is 33.0 Å². The molecule has 0 unspecified atom stereocenters. The third-order valence-electron chi connectivity index (χ3n) is 9.33. The predicted molar refractivity (Wildman–Crippen MR) is 196 cm³/mol. The number of carbonyl (C=O) groups excluding carboxylic acids is 6. The molecule has 342 valence electrons. The first-order chi connectivity index (χ1) is 28.8. The summed E-state index contributed by atoms with van der Waals surface area (Å²) in [7, 11) is 0. The molecule has 9 N–H and O–H groups in total. The second-order valence-corrected chi connectivity index (χ2v) is 14.1. The molecule has 0 bridgehead atoms. The van der Waals surface area contributed by atoms with Gasteiger partial charge >= 0.3 is 41.5 Å². The Hall–Kier alpha value is -3.96. The zero-order chi connectivity index (χ0) is 45.4. The van der Waals surface area contributed by atoms with Crippen LogP contribution in [0.25, 0.3) is 0 Å². The number of nitro groups is 1. The summed E-state index contributed by atoms with van der Waals surface area (Å²) < 4.78 is 32.3. The number of carboxylic acid groups (broad SMARTS) is 1. The van der Waals surface area contributed by atoms with Gasteiger partial charge in [-0.15, -0.1) is 0 Å². The van der Waals surface area contributed by atoms with E-state index in [-0.39, 0.29) is 79.3 Å². The molecule has 11 atom stereocenters. The summed E-state index contributed by atoms with van der Waals surface area (Å²) in [4.78, 5) is 82.3. The number of nitrogens with one attached hydrogen (secondary N) is 3. The number of aliphatic hydroxyl groups is 6. The molecule has 1 aromatic rings. The van der Waals surface area contributed by atoms with E-state index in [9.17, 15) is 74.6 Å². The van der Waals surface area contributed by atoms with E-state index in [0.29, 0.717) is 12.8 Å². The third-order valence-corrected chi connectivity index (χ3v) is 9.33. The van der Waals surface area contributed by atoms with Gasteiger partial charge in [-0.25, -0.2) is 0 Å². The fraction of sp³-hybridized carbons (Fsp3) is 0.667. The van der Waals surface area contributed by atoms with Crippen LogP contribution in [0.5, 0.6) is 5.75 Å². The number of hydrogen-bond acceptors (Lipinski definition) is 21. The van der Waals surface area contributed by atoms with Gasteiger partial charge in [-0.3, -0.25) is 34.1 Å². The summed E-state index contributed by atoms with van der Waals surface area (Å²) in [5, 5.41) is 93.9. The van der Waals surface area contributed by atoms with Crippen LogP contribution >= 0.6 is 0 Å². The molecule has 1 aromatic carbocycles. The van der Waals surface area contributed by atoms with Crippen LogP contribution in [-0.4, -0.2) is 171 Å². The number of rotatable bonds is 23. The molecular weight excluding hydrogens is 847 g/mol. The van der Waals surface area contributed by atoms with Gasteiger partial charge in [0.15, 0.2) is 6.29 Å². The van der Waals surface area contributed by atoms with Crippen molar-refractivity contribution in [3.05, 3.63) is 34.4 Å². The molecule has 3 amide bonds. The molecule has 2 fully saturated rings. The van der Waals surface area contributed by atoms with Crippen molar-refractivity contribution < 1.29 is 127 Å². The van der Waals surface area contributed by atoms with Crippen molar-refractivity contribution in [1.82, 2.24) is 16.0 Å². The number of nitro benzene ring substituents is 1. The Morgan fingerprint density at radius 2 is 1.61 bits per heavy atom. The van der Waals surface area contributed by atoms with Crippen LogP contribution < -0.4 is 55.4 Å². The van der Waals surface area contributed by atoms with Crippen molar-refractivity contribution in [3.63, 3.8) is 0 Å². The largest absolute Gasteiger partial charge is 1.00 e. The SMILES string of the molecule is CC(=O)N[C@H]1[C@@H](OCCCNC(=O)CCCCC(=O)Oc2ccc([N+](=O)[O-])cc2)O[C@H](CO[C@]2(C(=O)[O-])C[C@H](O)[C@@H](NC(=O)CO)[C@H]([C@H](O)[C@H](O)COC(C)=O)O2)[C@H](O)[C@@H]1O.[Na+]. The average molecular weight is 899 g/mol. The first-order valence-electron chi connectivity index (χ1n) is 19.0. The van der Waals surface area contributed by atoms with Crippen molar-refractivity contribution in [2.24, 2.45) is 0 Å². The van der Waals surface area contributed by atoms with E-state index in [1.807, 2.05) is 0 Å². The van der Waals surface area contributed by atoms with E-state index < -0.39 is 128 Å². The summed E-state index contributed by atoms with van der Waals surface area (Å²) in [6.07, 6.45) is -15.0.